The average molecular weight is 1440 g/mol. The van der Waals surface area contributed by atoms with Crippen molar-refractivity contribution in [2.24, 2.45) is 5.73 Å². The maximum absolute atomic E-state index is 14.1. The Morgan fingerprint density at radius 3 is 2.27 bits per heavy atom. The van der Waals surface area contributed by atoms with Gasteiger partial charge in [-0.15, -0.1) is 11.6 Å². The Balaban J connectivity index is 0.651. The zero-order valence-electron chi connectivity index (χ0n) is 53.7. The fourth-order valence-corrected chi connectivity index (χ4v) is 14.0. The molecule has 10 rings (SSSR count). The highest BCUT2D eigenvalue weighted by molar-refractivity contribution is 8.76. The first kappa shape index (κ1) is 72.4. The zero-order chi connectivity index (χ0) is 72.0. The number of aromatic hydroxyl groups is 1. The first-order chi connectivity index (χ1) is 48.5. The molecule has 528 valence electrons. The van der Waals surface area contributed by atoms with Crippen LogP contribution in [-0.4, -0.2) is 172 Å². The number of nitrogens with one attached hydrogen (secondary N) is 12. The van der Waals surface area contributed by atoms with Crippen LogP contribution in [0.2, 0.25) is 0 Å². The molecule has 0 bridgehead atoms. The van der Waals surface area contributed by atoms with E-state index >= 15 is 0 Å². The second kappa shape index (κ2) is 33.0. The van der Waals surface area contributed by atoms with E-state index in [0.717, 1.165) is 33.0 Å². The number of amides is 6. The molecule has 5 heterocycles. The average Bonchev–Trinajstić information content (AvgIpc) is 1.60. The zero-order valence-corrected chi connectivity index (χ0v) is 56.1. The number of halogens is 1. The number of nitrogen functional groups attached to an aromatic ring is 1. The molecule has 3 aromatic heterocycles. The Hall–Kier alpha value is -11.4. The summed E-state index contributed by atoms with van der Waals surface area (Å²) in [6.07, 6.45) is 6.31. The van der Waals surface area contributed by atoms with Crippen LogP contribution in [-0.2, 0) is 40.1 Å². The molecule has 20 N–H and O–H groups in total. The van der Waals surface area contributed by atoms with Crippen molar-refractivity contribution in [1.29, 1.82) is 5.41 Å². The number of allylic oxidation sites excluding steroid dienone is 1. The molecule has 0 fully saturated rings. The molecule has 0 radical (unpaired) electrons. The van der Waals surface area contributed by atoms with E-state index in [9.17, 15) is 68.4 Å². The normalized spacial score (nSPS) is 15.6. The highest BCUT2D eigenvalue weighted by Gasteiger charge is 2.37. The van der Waals surface area contributed by atoms with Crippen molar-refractivity contribution in [2.75, 3.05) is 58.3 Å². The van der Waals surface area contributed by atoms with Gasteiger partial charge in [0.1, 0.15) is 41.3 Å². The molecule has 35 heteroatoms. The van der Waals surface area contributed by atoms with Crippen molar-refractivity contribution >= 4 is 148 Å². The molecule has 0 saturated carbocycles. The Kier molecular flexibility index (Phi) is 23.6. The summed E-state index contributed by atoms with van der Waals surface area (Å²) in [5.41, 5.74) is 16.6. The van der Waals surface area contributed by atoms with Crippen molar-refractivity contribution in [2.45, 2.75) is 87.6 Å². The fraction of sp³-hybridized carbons (Fsp3) is 0.303. The number of hydrogen-bond donors (Lipinski definition) is 18. The highest BCUT2D eigenvalue weighted by atomic mass is 35.5. The summed E-state index contributed by atoms with van der Waals surface area (Å²) in [6, 6.07) is 15.5. The topological polar surface area (TPSA) is 509 Å². The summed E-state index contributed by atoms with van der Waals surface area (Å²) in [4.78, 5) is 150. The predicted molar refractivity (Wildman–Crippen MR) is 380 cm³/mol. The maximum atomic E-state index is 14.1. The Bertz CT molecular complexity index is 4570. The molecule has 3 aliphatic rings. The van der Waals surface area contributed by atoms with E-state index in [1.54, 1.807) is 41.3 Å². The number of H-pyrrole nitrogens is 2. The van der Waals surface area contributed by atoms with Gasteiger partial charge in [0, 0.05) is 94.3 Å². The van der Waals surface area contributed by atoms with Crippen LogP contribution in [0.15, 0.2) is 125 Å². The maximum Gasteiger partial charge on any atom is 0.327 e. The standard InChI is InChI=1S/C66H71ClN18O14S2/c67-27-35-30-85(50-26-51(86)40-5-1-2-6-41(40)54(35)50)62(95)48-24-34-22-38(13-15-43(34)78-48)76-59(92)46-23-33-21-37(12-14-42(33)77-46)71-19-4-20-100-101-31-49(64(98)99)82-60(93)47(25-53(88)89)81-58(91)44(7-3-18-72-65(68)69)79-52(87)17-16-45(63(96)97)80-57(90)32-8-10-36(11-9-32)73-28-39-29-74-56-55(75-39)61(94)84-66(70)83-56/h1-2,5-6,8-13,15,21-24,26,29,35,42,44-45,47,49,71,73,77-78,86H,3-4,7,14,16-20,25,27-28,30-31H2,(H,76,92)(H,79,87)(H,80,90)(H,81,91)(H,82,93)(H,88,89)(H,96,97)(H,98,99)(H4,68,69,72)(H3,70,74,83,84,94)/t35?,42?,44-,45-,47-,49?/m1/s1. The monoisotopic (exact) mass is 1440 g/mol. The number of fused-ring (bicyclic) bond motifs is 6. The number of nitrogens with two attached hydrogens (primary N) is 2. The third kappa shape index (κ3) is 18.5. The largest absolute Gasteiger partial charge is 0.507 e. The molecule has 1 aliphatic carbocycles. The number of carbonyl (C=O) groups excluding carboxylic acids is 6. The Morgan fingerprint density at radius 2 is 1.52 bits per heavy atom. The van der Waals surface area contributed by atoms with Gasteiger partial charge < -0.3 is 89.6 Å². The number of carboxylic acids is 3. The van der Waals surface area contributed by atoms with E-state index in [-0.39, 0.29) is 89.8 Å². The number of anilines is 4. The molecule has 0 saturated heterocycles. The van der Waals surface area contributed by atoms with Crippen LogP contribution in [0.4, 0.5) is 23.0 Å². The van der Waals surface area contributed by atoms with Crippen LogP contribution >= 0.6 is 33.2 Å². The summed E-state index contributed by atoms with van der Waals surface area (Å²) in [7, 11) is 2.48. The minimum atomic E-state index is -1.83. The Morgan fingerprint density at radius 1 is 0.782 bits per heavy atom. The smallest absolute Gasteiger partial charge is 0.327 e. The number of guanidine groups is 1. The van der Waals surface area contributed by atoms with Gasteiger partial charge in [0.25, 0.3) is 23.3 Å². The lowest BCUT2D eigenvalue weighted by Crippen LogP contribution is -2.56. The fourth-order valence-electron chi connectivity index (χ4n) is 11.5. The summed E-state index contributed by atoms with van der Waals surface area (Å²) < 4.78 is 0. The third-order valence-corrected chi connectivity index (χ3v) is 19.4. The number of carbonyl (C=O) groups is 9. The van der Waals surface area contributed by atoms with E-state index in [0.29, 0.717) is 82.1 Å². The number of benzene rings is 4. The van der Waals surface area contributed by atoms with Gasteiger partial charge in [-0.3, -0.25) is 48.7 Å². The van der Waals surface area contributed by atoms with Gasteiger partial charge in [0.2, 0.25) is 23.7 Å². The number of alkyl halides is 1. The number of rotatable bonds is 33. The summed E-state index contributed by atoms with van der Waals surface area (Å²) in [5.74, 6) is -8.82. The molecule has 101 heavy (non-hydrogen) atoms. The molecule has 2 aliphatic heterocycles. The molecule has 3 unspecified atom stereocenters. The predicted octanol–water partition coefficient (Wildman–Crippen LogP) is 3.54. The molecule has 6 amide bonds. The van der Waals surface area contributed by atoms with Crippen molar-refractivity contribution in [3.05, 3.63) is 153 Å². The van der Waals surface area contributed by atoms with Gasteiger partial charge in [-0.2, -0.15) is 4.98 Å². The molecular weight excluding hydrogens is 1370 g/mol. The third-order valence-electron chi connectivity index (χ3n) is 16.6. The first-order valence-electron chi connectivity index (χ1n) is 31.8. The van der Waals surface area contributed by atoms with E-state index in [1.165, 1.54) is 41.3 Å². The highest BCUT2D eigenvalue weighted by Crippen LogP contribution is 2.46. The Labute approximate surface area is 587 Å². The molecule has 6 atom stereocenters. The summed E-state index contributed by atoms with van der Waals surface area (Å²) >= 11 is 6.42. The van der Waals surface area contributed by atoms with Crippen LogP contribution < -0.4 is 69.8 Å². The van der Waals surface area contributed by atoms with Crippen molar-refractivity contribution in [3.63, 3.8) is 0 Å². The lowest BCUT2D eigenvalue weighted by Gasteiger charge is -2.24. The SMILES string of the molecule is N=C(N)NCCC[C@@H](NC(=O)CC[C@@H](NC(=O)c1ccc(NCc2cnc3nc(N)[nH]c(=O)c3n2)cc1)C(=O)O)C(=O)N[C@H](CC(=O)O)C(=O)NC(CSSCCCNC1=CCC2NC(C(=O)Nc3ccc4[nH]c(C(=O)N5CC(CCl)c6c5cc(O)c5ccccc65)cc4c3)=CC2=C1)C(=O)O. The number of carboxylic acid groups (broad SMARTS) is 3. The van der Waals surface area contributed by atoms with Gasteiger partial charge in [-0.1, -0.05) is 51.9 Å². The number of aromatic nitrogens is 5. The minimum absolute atomic E-state index is 0.0150. The molecule has 0 spiro atoms. The molecule has 7 aromatic rings. The minimum Gasteiger partial charge on any atom is -0.507 e. The van der Waals surface area contributed by atoms with Crippen LogP contribution in [0.25, 0.3) is 32.8 Å². The van der Waals surface area contributed by atoms with Crippen molar-refractivity contribution in [1.82, 2.24) is 62.1 Å². The second-order valence-corrected chi connectivity index (χ2v) is 26.7. The van der Waals surface area contributed by atoms with Crippen LogP contribution in [0.5, 0.6) is 5.75 Å². The van der Waals surface area contributed by atoms with Gasteiger partial charge in [0.15, 0.2) is 17.1 Å². The van der Waals surface area contributed by atoms with Crippen molar-refractivity contribution in [3.8, 4) is 5.75 Å². The van der Waals surface area contributed by atoms with Gasteiger partial charge in [0.05, 0.1) is 36.6 Å². The van der Waals surface area contributed by atoms with Crippen LogP contribution in [0.3, 0.4) is 0 Å². The summed E-state index contributed by atoms with van der Waals surface area (Å²) in [6.45, 7) is 1.04. The quantitative estimate of drug-likeness (QED) is 0.00919. The summed E-state index contributed by atoms with van der Waals surface area (Å²) in [5, 5.41) is 75.1. The van der Waals surface area contributed by atoms with Crippen LogP contribution in [0, 0.1) is 5.41 Å². The number of aliphatic carboxylic acids is 3. The van der Waals surface area contributed by atoms with Crippen LogP contribution in [0.1, 0.15) is 83.0 Å². The van der Waals surface area contributed by atoms with E-state index < -0.39 is 96.5 Å². The van der Waals surface area contributed by atoms with Gasteiger partial charge >= 0.3 is 17.9 Å². The first-order valence-corrected chi connectivity index (χ1v) is 34.8. The van der Waals surface area contributed by atoms with E-state index in [4.69, 9.17) is 28.5 Å². The lowest BCUT2D eigenvalue weighted by atomic mass is 9.95. The van der Waals surface area contributed by atoms with E-state index in [1.807, 2.05) is 36.4 Å². The van der Waals surface area contributed by atoms with Gasteiger partial charge in [-0.25, -0.2) is 19.6 Å². The number of phenolic OH excluding ortho intramolecular Hbond substituents is 1. The van der Waals surface area contributed by atoms with Crippen molar-refractivity contribution < 1.29 is 63.6 Å². The number of hydrogen-bond acceptors (Lipinski definition) is 21. The second-order valence-electron chi connectivity index (χ2n) is 23.7. The van der Waals surface area contributed by atoms with Gasteiger partial charge in [-0.05, 0) is 109 Å². The van der Waals surface area contributed by atoms with E-state index in [2.05, 4.69) is 72.8 Å². The lowest BCUT2D eigenvalue weighted by molar-refractivity contribution is -0.143. The number of nitrogens with zero attached hydrogens (tertiary/aromatic N) is 4. The molecule has 32 nitrogen and oxygen atoms in total. The molecule has 4 aromatic carbocycles. The number of phenols is 1. The number of aromatic amines is 2. The molecular formula is C66H71ClN18O14S2.